The standard InChI is InChI=1S/C20H21ClN4O4/c1-4-25-10-16(18(24-25)20(27)22-3)23-19(26)17-8-6-14(29-17)11-28-13-5-7-15(21)12(2)9-13/h5-10H,4,11H2,1-3H3,(H,22,27)(H,23,26). The van der Waals surface area contributed by atoms with Gasteiger partial charge in [0, 0.05) is 24.8 Å². The zero-order valence-corrected chi connectivity index (χ0v) is 17.0. The van der Waals surface area contributed by atoms with Crippen molar-refractivity contribution in [3.8, 4) is 5.75 Å². The Labute approximate surface area is 172 Å². The summed E-state index contributed by atoms with van der Waals surface area (Å²) in [5, 5.41) is 9.99. The highest BCUT2D eigenvalue weighted by Crippen LogP contribution is 2.22. The van der Waals surface area contributed by atoms with Crippen molar-refractivity contribution in [3.05, 3.63) is 64.3 Å². The number of hydrogen-bond donors (Lipinski definition) is 2. The van der Waals surface area contributed by atoms with E-state index in [0.29, 0.717) is 28.8 Å². The van der Waals surface area contributed by atoms with Crippen molar-refractivity contribution in [3.63, 3.8) is 0 Å². The summed E-state index contributed by atoms with van der Waals surface area (Å²) in [4.78, 5) is 24.5. The quantitative estimate of drug-likeness (QED) is 0.612. The predicted octanol–water partition coefficient (Wildman–Crippen LogP) is 3.65. The van der Waals surface area contributed by atoms with E-state index >= 15 is 0 Å². The first kappa shape index (κ1) is 20.5. The Hall–Kier alpha value is -3.26. The van der Waals surface area contributed by atoms with E-state index < -0.39 is 5.91 Å². The van der Waals surface area contributed by atoms with Crippen LogP contribution in [0.1, 0.15) is 39.3 Å². The summed E-state index contributed by atoms with van der Waals surface area (Å²) in [5.74, 6) is 0.358. The van der Waals surface area contributed by atoms with Crippen molar-refractivity contribution in [2.75, 3.05) is 12.4 Å². The van der Waals surface area contributed by atoms with Gasteiger partial charge in [-0.1, -0.05) is 11.6 Å². The molecule has 29 heavy (non-hydrogen) atoms. The van der Waals surface area contributed by atoms with Gasteiger partial charge in [-0.25, -0.2) is 0 Å². The van der Waals surface area contributed by atoms with E-state index in [4.69, 9.17) is 20.8 Å². The number of aryl methyl sites for hydroxylation is 2. The fraction of sp³-hybridized carbons (Fsp3) is 0.250. The molecule has 2 N–H and O–H groups in total. The molecular weight excluding hydrogens is 396 g/mol. The molecule has 2 heterocycles. The second-order valence-electron chi connectivity index (χ2n) is 6.25. The number of nitrogens with one attached hydrogen (secondary N) is 2. The number of aromatic nitrogens is 2. The lowest BCUT2D eigenvalue weighted by molar-refractivity contribution is 0.0958. The molecule has 0 aliphatic carbocycles. The SMILES string of the molecule is CCn1cc(NC(=O)c2ccc(COc3ccc(Cl)c(C)c3)o2)c(C(=O)NC)n1. The van der Waals surface area contributed by atoms with Gasteiger partial charge in [-0.2, -0.15) is 5.10 Å². The molecule has 0 saturated heterocycles. The summed E-state index contributed by atoms with van der Waals surface area (Å²) in [7, 11) is 1.50. The largest absolute Gasteiger partial charge is 0.486 e. The molecule has 152 valence electrons. The molecule has 0 unspecified atom stereocenters. The molecule has 0 spiro atoms. The molecule has 3 aromatic rings. The fourth-order valence-electron chi connectivity index (χ4n) is 2.58. The number of halogens is 1. The predicted molar refractivity (Wildman–Crippen MR) is 108 cm³/mol. The maximum Gasteiger partial charge on any atom is 0.291 e. The van der Waals surface area contributed by atoms with E-state index in [1.807, 2.05) is 19.9 Å². The normalized spacial score (nSPS) is 10.6. The first-order valence-electron chi connectivity index (χ1n) is 8.99. The van der Waals surface area contributed by atoms with Crippen LogP contribution in [0, 0.1) is 6.92 Å². The van der Waals surface area contributed by atoms with Gasteiger partial charge in [0.25, 0.3) is 11.8 Å². The highest BCUT2D eigenvalue weighted by atomic mass is 35.5. The number of ether oxygens (including phenoxy) is 1. The lowest BCUT2D eigenvalue weighted by Crippen LogP contribution is -2.21. The van der Waals surface area contributed by atoms with Gasteiger partial charge < -0.3 is 19.8 Å². The molecule has 1 aromatic carbocycles. The summed E-state index contributed by atoms with van der Waals surface area (Å²) in [6.07, 6.45) is 1.60. The Morgan fingerprint density at radius 2 is 2.03 bits per heavy atom. The van der Waals surface area contributed by atoms with E-state index in [9.17, 15) is 9.59 Å². The Morgan fingerprint density at radius 3 is 2.72 bits per heavy atom. The van der Waals surface area contributed by atoms with Crippen LogP contribution in [0.2, 0.25) is 5.02 Å². The summed E-state index contributed by atoms with van der Waals surface area (Å²) in [6, 6.07) is 8.55. The van der Waals surface area contributed by atoms with Crippen LogP contribution in [0.4, 0.5) is 5.69 Å². The number of carbonyl (C=O) groups is 2. The van der Waals surface area contributed by atoms with E-state index in [2.05, 4.69) is 15.7 Å². The first-order chi connectivity index (χ1) is 13.9. The molecule has 3 rings (SSSR count). The van der Waals surface area contributed by atoms with E-state index in [1.165, 1.54) is 7.05 Å². The lowest BCUT2D eigenvalue weighted by atomic mass is 10.2. The van der Waals surface area contributed by atoms with Crippen LogP contribution in [-0.2, 0) is 13.2 Å². The molecule has 0 saturated carbocycles. The minimum absolute atomic E-state index is 0.1000. The number of anilines is 1. The second-order valence-corrected chi connectivity index (χ2v) is 6.65. The number of carbonyl (C=O) groups excluding carboxylic acids is 2. The Kier molecular flexibility index (Phi) is 6.23. The topological polar surface area (TPSA) is 98.4 Å². The zero-order valence-electron chi connectivity index (χ0n) is 16.3. The van der Waals surface area contributed by atoms with Crippen LogP contribution in [0.25, 0.3) is 0 Å². The fourth-order valence-corrected chi connectivity index (χ4v) is 2.70. The van der Waals surface area contributed by atoms with Gasteiger partial charge in [0.05, 0.1) is 5.69 Å². The van der Waals surface area contributed by atoms with Gasteiger partial charge in [-0.15, -0.1) is 0 Å². The molecule has 0 aliphatic rings. The van der Waals surface area contributed by atoms with Gasteiger partial charge in [-0.05, 0) is 49.7 Å². The highest BCUT2D eigenvalue weighted by molar-refractivity contribution is 6.31. The average molecular weight is 417 g/mol. The summed E-state index contributed by atoms with van der Waals surface area (Å²) >= 11 is 6.00. The van der Waals surface area contributed by atoms with E-state index in [0.717, 1.165) is 5.56 Å². The number of amides is 2. The third-order valence-electron chi connectivity index (χ3n) is 4.17. The maximum atomic E-state index is 12.5. The lowest BCUT2D eigenvalue weighted by Gasteiger charge is -2.06. The molecule has 2 amide bonds. The van der Waals surface area contributed by atoms with Gasteiger partial charge in [0.1, 0.15) is 18.1 Å². The minimum atomic E-state index is -0.487. The van der Waals surface area contributed by atoms with Gasteiger partial charge in [0.2, 0.25) is 0 Å². The molecule has 0 aliphatic heterocycles. The zero-order chi connectivity index (χ0) is 21.0. The van der Waals surface area contributed by atoms with Gasteiger partial charge in [-0.3, -0.25) is 14.3 Å². The van der Waals surface area contributed by atoms with Crippen LogP contribution < -0.4 is 15.4 Å². The molecule has 9 heteroatoms. The first-order valence-corrected chi connectivity index (χ1v) is 9.37. The number of hydrogen-bond acceptors (Lipinski definition) is 5. The van der Waals surface area contributed by atoms with Crippen molar-refractivity contribution in [1.82, 2.24) is 15.1 Å². The number of rotatable bonds is 7. The van der Waals surface area contributed by atoms with Crippen molar-refractivity contribution in [1.29, 1.82) is 0 Å². The molecule has 0 bridgehead atoms. The van der Waals surface area contributed by atoms with Crippen LogP contribution in [0.5, 0.6) is 5.75 Å². The summed E-state index contributed by atoms with van der Waals surface area (Å²) in [5.41, 5.74) is 1.35. The second kappa shape index (κ2) is 8.83. The van der Waals surface area contributed by atoms with Gasteiger partial charge in [0.15, 0.2) is 11.5 Å². The number of benzene rings is 1. The Bertz CT molecular complexity index is 1040. The third kappa shape index (κ3) is 4.78. The Balaban J connectivity index is 1.67. The molecule has 0 atom stereocenters. The molecule has 8 nitrogen and oxygen atoms in total. The number of furan rings is 1. The van der Waals surface area contributed by atoms with Crippen molar-refractivity contribution in [2.45, 2.75) is 27.0 Å². The molecule has 0 fully saturated rings. The minimum Gasteiger partial charge on any atom is -0.486 e. The summed E-state index contributed by atoms with van der Waals surface area (Å²) < 4.78 is 12.8. The van der Waals surface area contributed by atoms with Crippen molar-refractivity contribution < 1.29 is 18.7 Å². The maximum absolute atomic E-state index is 12.5. The van der Waals surface area contributed by atoms with Crippen molar-refractivity contribution in [2.24, 2.45) is 0 Å². The van der Waals surface area contributed by atoms with Crippen molar-refractivity contribution >= 4 is 29.1 Å². The molecule has 0 radical (unpaired) electrons. The van der Waals surface area contributed by atoms with Crippen LogP contribution in [0.3, 0.4) is 0 Å². The molecule has 2 aromatic heterocycles. The average Bonchev–Trinajstić information content (AvgIpc) is 3.35. The number of nitrogens with zero attached hydrogens (tertiary/aromatic N) is 2. The van der Waals surface area contributed by atoms with Crippen LogP contribution in [0.15, 0.2) is 40.9 Å². The van der Waals surface area contributed by atoms with E-state index in [1.54, 1.807) is 35.1 Å². The molecular formula is C20H21ClN4O4. The van der Waals surface area contributed by atoms with E-state index in [-0.39, 0.29) is 24.0 Å². The summed E-state index contributed by atoms with van der Waals surface area (Å²) in [6.45, 7) is 4.49. The van der Waals surface area contributed by atoms with Crippen LogP contribution >= 0.6 is 11.6 Å². The van der Waals surface area contributed by atoms with Gasteiger partial charge >= 0.3 is 0 Å². The van der Waals surface area contributed by atoms with Crippen LogP contribution in [-0.4, -0.2) is 28.6 Å². The third-order valence-corrected chi connectivity index (χ3v) is 4.60. The Morgan fingerprint density at radius 1 is 1.24 bits per heavy atom. The highest BCUT2D eigenvalue weighted by Gasteiger charge is 2.19. The smallest absolute Gasteiger partial charge is 0.291 e. The monoisotopic (exact) mass is 416 g/mol.